The van der Waals surface area contributed by atoms with Gasteiger partial charge in [0.05, 0.1) is 6.54 Å². The lowest BCUT2D eigenvalue weighted by Crippen LogP contribution is -2.40. The molecule has 0 aliphatic carbocycles. The van der Waals surface area contributed by atoms with Crippen LogP contribution in [0.3, 0.4) is 0 Å². The van der Waals surface area contributed by atoms with Crippen molar-refractivity contribution in [1.29, 1.82) is 0 Å². The van der Waals surface area contributed by atoms with Crippen LogP contribution in [0.15, 0.2) is 18.2 Å². The van der Waals surface area contributed by atoms with Crippen molar-refractivity contribution in [1.82, 2.24) is 4.90 Å². The summed E-state index contributed by atoms with van der Waals surface area (Å²) in [5.74, 6) is -1.16. The number of hydrogen-bond donors (Lipinski definition) is 0. The van der Waals surface area contributed by atoms with E-state index in [2.05, 4.69) is 0 Å². The molecule has 0 N–H and O–H groups in total. The molecular weight excluding hydrogens is 252 g/mol. The molecule has 0 aromatic heterocycles. The minimum absolute atomic E-state index is 0.0523. The monoisotopic (exact) mass is 267 g/mol. The fraction of sp³-hybridized carbons (Fsp3) is 0.429. The number of likely N-dealkylation sites (tertiary alicyclic amines) is 1. The molecule has 1 aromatic rings. The van der Waals surface area contributed by atoms with Gasteiger partial charge in [-0.25, -0.2) is 8.78 Å². The van der Waals surface area contributed by atoms with Gasteiger partial charge in [-0.05, 0) is 36.6 Å². The van der Waals surface area contributed by atoms with Gasteiger partial charge in [-0.15, -0.1) is 0 Å². The van der Waals surface area contributed by atoms with Crippen molar-refractivity contribution in [2.75, 3.05) is 13.1 Å². The van der Waals surface area contributed by atoms with Crippen molar-refractivity contribution >= 4 is 11.7 Å². The third-order valence-electron chi connectivity index (χ3n) is 3.22. The summed E-state index contributed by atoms with van der Waals surface area (Å²) < 4.78 is 26.3. The lowest BCUT2D eigenvalue weighted by atomic mass is 10.1. The molecule has 1 aromatic carbocycles. The van der Waals surface area contributed by atoms with E-state index < -0.39 is 11.6 Å². The molecule has 0 radical (unpaired) electrons. The lowest BCUT2D eigenvalue weighted by Gasteiger charge is -2.25. The molecule has 102 valence electrons. The molecule has 1 fully saturated rings. The van der Waals surface area contributed by atoms with Gasteiger partial charge >= 0.3 is 0 Å². The second-order valence-corrected chi connectivity index (χ2v) is 4.69. The highest BCUT2D eigenvalue weighted by molar-refractivity contribution is 5.87. The van der Waals surface area contributed by atoms with E-state index in [9.17, 15) is 18.4 Å². The average molecular weight is 267 g/mol. The fourth-order valence-electron chi connectivity index (χ4n) is 2.19. The maximum atomic E-state index is 13.4. The molecular formula is C14H15F2NO2. The molecule has 0 saturated carbocycles. The summed E-state index contributed by atoms with van der Waals surface area (Å²) in [5.41, 5.74) is 0.191. The topological polar surface area (TPSA) is 37.4 Å². The summed E-state index contributed by atoms with van der Waals surface area (Å²) in [6, 6.07) is 3.20. The molecule has 0 bridgehead atoms. The number of carbonyl (C=O) groups excluding carboxylic acids is 2. The minimum Gasteiger partial charge on any atom is -0.335 e. The SMILES string of the molecule is O=C1CCCN(C(=O)CCc2cc(F)ccc2F)C1. The van der Waals surface area contributed by atoms with Crippen LogP contribution in [-0.2, 0) is 16.0 Å². The van der Waals surface area contributed by atoms with E-state index in [1.807, 2.05) is 0 Å². The van der Waals surface area contributed by atoms with Crippen LogP contribution in [-0.4, -0.2) is 29.7 Å². The summed E-state index contributed by atoms with van der Waals surface area (Å²) >= 11 is 0. The molecule has 0 spiro atoms. The smallest absolute Gasteiger partial charge is 0.223 e. The van der Waals surface area contributed by atoms with Crippen LogP contribution >= 0.6 is 0 Å². The Kier molecular flexibility index (Phi) is 4.24. The van der Waals surface area contributed by atoms with Gasteiger partial charge in [0.25, 0.3) is 0 Å². The van der Waals surface area contributed by atoms with Crippen molar-refractivity contribution in [2.24, 2.45) is 0 Å². The molecule has 1 heterocycles. The number of benzene rings is 1. The third kappa shape index (κ3) is 3.59. The number of halogens is 2. The molecule has 5 heteroatoms. The van der Waals surface area contributed by atoms with Crippen LogP contribution in [0.1, 0.15) is 24.8 Å². The molecule has 0 unspecified atom stereocenters. The van der Waals surface area contributed by atoms with Gasteiger partial charge in [-0.2, -0.15) is 0 Å². The largest absolute Gasteiger partial charge is 0.335 e. The van der Waals surface area contributed by atoms with Gasteiger partial charge in [-0.3, -0.25) is 9.59 Å². The highest BCUT2D eigenvalue weighted by Gasteiger charge is 2.21. The van der Waals surface area contributed by atoms with Gasteiger partial charge in [0, 0.05) is 19.4 Å². The summed E-state index contributed by atoms with van der Waals surface area (Å²) in [7, 11) is 0. The number of ketones is 1. The number of carbonyl (C=O) groups is 2. The molecule has 1 aliphatic heterocycles. The zero-order valence-electron chi connectivity index (χ0n) is 10.5. The number of piperidine rings is 1. The molecule has 19 heavy (non-hydrogen) atoms. The normalized spacial score (nSPS) is 15.7. The first-order valence-electron chi connectivity index (χ1n) is 6.29. The number of Topliss-reactive ketones (excluding diaryl/α,β-unsaturated/α-hetero) is 1. The Morgan fingerprint density at radius 1 is 1.32 bits per heavy atom. The predicted octanol–water partition coefficient (Wildman–Crippen LogP) is 2.09. The molecule has 1 saturated heterocycles. The van der Waals surface area contributed by atoms with Gasteiger partial charge in [0.1, 0.15) is 11.6 Å². The maximum absolute atomic E-state index is 13.4. The first-order valence-corrected chi connectivity index (χ1v) is 6.29. The van der Waals surface area contributed by atoms with Crippen molar-refractivity contribution in [3.05, 3.63) is 35.4 Å². The van der Waals surface area contributed by atoms with Gasteiger partial charge in [0.2, 0.25) is 5.91 Å². The van der Waals surface area contributed by atoms with Crippen molar-refractivity contribution in [2.45, 2.75) is 25.7 Å². The lowest BCUT2D eigenvalue weighted by molar-refractivity contribution is -0.137. The Balaban J connectivity index is 1.92. The number of rotatable bonds is 3. The van der Waals surface area contributed by atoms with Gasteiger partial charge < -0.3 is 4.90 Å². The zero-order valence-corrected chi connectivity index (χ0v) is 10.5. The van der Waals surface area contributed by atoms with Crippen LogP contribution in [0.4, 0.5) is 8.78 Å². The van der Waals surface area contributed by atoms with Crippen LogP contribution in [0.5, 0.6) is 0 Å². The van der Waals surface area contributed by atoms with Crippen LogP contribution in [0, 0.1) is 11.6 Å². The molecule has 2 rings (SSSR count). The first-order chi connectivity index (χ1) is 9.06. The van der Waals surface area contributed by atoms with E-state index in [1.165, 1.54) is 4.90 Å². The second kappa shape index (κ2) is 5.91. The fourth-order valence-corrected chi connectivity index (χ4v) is 2.19. The van der Waals surface area contributed by atoms with Crippen molar-refractivity contribution in [3.8, 4) is 0 Å². The standard InChI is InChI=1S/C14H15F2NO2/c15-11-4-5-13(16)10(8-11)3-6-14(19)17-7-1-2-12(18)9-17/h4-5,8H,1-3,6-7,9H2. The third-order valence-corrected chi connectivity index (χ3v) is 3.22. The number of amides is 1. The van der Waals surface area contributed by atoms with Gasteiger partial charge in [-0.1, -0.05) is 0 Å². The number of nitrogens with zero attached hydrogens (tertiary/aromatic N) is 1. The van der Waals surface area contributed by atoms with Gasteiger partial charge in [0.15, 0.2) is 5.78 Å². The predicted molar refractivity (Wildman–Crippen MR) is 65.5 cm³/mol. The first kappa shape index (κ1) is 13.6. The van der Waals surface area contributed by atoms with E-state index in [0.717, 1.165) is 18.2 Å². The highest BCUT2D eigenvalue weighted by Crippen LogP contribution is 2.14. The molecule has 0 atom stereocenters. The summed E-state index contributed by atoms with van der Waals surface area (Å²) in [4.78, 5) is 24.6. The van der Waals surface area contributed by atoms with Crippen molar-refractivity contribution < 1.29 is 18.4 Å². The van der Waals surface area contributed by atoms with E-state index in [1.54, 1.807) is 0 Å². The Bertz CT molecular complexity index is 502. The highest BCUT2D eigenvalue weighted by atomic mass is 19.1. The Hall–Kier alpha value is -1.78. The molecule has 1 amide bonds. The van der Waals surface area contributed by atoms with E-state index in [0.29, 0.717) is 19.4 Å². The minimum atomic E-state index is -0.517. The Morgan fingerprint density at radius 2 is 2.11 bits per heavy atom. The van der Waals surface area contributed by atoms with Crippen LogP contribution < -0.4 is 0 Å². The van der Waals surface area contributed by atoms with E-state index >= 15 is 0 Å². The number of aryl methyl sites for hydroxylation is 1. The quantitative estimate of drug-likeness (QED) is 0.841. The summed E-state index contributed by atoms with van der Waals surface area (Å²) in [6.07, 6.45) is 1.43. The van der Waals surface area contributed by atoms with E-state index in [4.69, 9.17) is 0 Å². The summed E-state index contributed by atoms with van der Waals surface area (Å²) in [5, 5.41) is 0. The van der Waals surface area contributed by atoms with Crippen LogP contribution in [0.2, 0.25) is 0 Å². The molecule has 3 nitrogen and oxygen atoms in total. The Morgan fingerprint density at radius 3 is 2.84 bits per heavy atom. The zero-order chi connectivity index (χ0) is 13.8. The van der Waals surface area contributed by atoms with Crippen LogP contribution in [0.25, 0.3) is 0 Å². The Labute approximate surface area is 110 Å². The van der Waals surface area contributed by atoms with E-state index in [-0.39, 0.29) is 36.6 Å². The second-order valence-electron chi connectivity index (χ2n) is 4.69. The maximum Gasteiger partial charge on any atom is 0.223 e. The average Bonchev–Trinajstić information content (AvgIpc) is 2.39. The summed E-state index contributed by atoms with van der Waals surface area (Å²) in [6.45, 7) is 0.709. The number of hydrogen-bond acceptors (Lipinski definition) is 2. The van der Waals surface area contributed by atoms with Crippen molar-refractivity contribution in [3.63, 3.8) is 0 Å². The molecule has 1 aliphatic rings.